The molecule has 0 heterocycles. The highest BCUT2D eigenvalue weighted by atomic mass is 35.5. The molecule has 1 aromatic rings. The zero-order valence-electron chi connectivity index (χ0n) is 9.50. The fourth-order valence-corrected chi connectivity index (χ4v) is 1.68. The molecule has 0 aliphatic carbocycles. The molecular weight excluding hydrogens is 242 g/mol. The zero-order valence-corrected chi connectivity index (χ0v) is 11.1. The summed E-state index contributed by atoms with van der Waals surface area (Å²) in [5.41, 5.74) is 0.678. The molecule has 0 aliphatic heterocycles. The van der Waals surface area contributed by atoms with E-state index in [4.69, 9.17) is 11.6 Å². The molecule has 0 saturated heterocycles. The maximum Gasteiger partial charge on any atom is 0.251 e. The summed E-state index contributed by atoms with van der Waals surface area (Å²) < 4.78 is 0. The summed E-state index contributed by atoms with van der Waals surface area (Å²) in [6.07, 6.45) is 2.86. The maximum absolute atomic E-state index is 11.7. The molecule has 16 heavy (non-hydrogen) atoms. The van der Waals surface area contributed by atoms with E-state index in [9.17, 15) is 4.79 Å². The van der Waals surface area contributed by atoms with Crippen LogP contribution < -0.4 is 5.32 Å². The Morgan fingerprint density at radius 2 is 2.06 bits per heavy atom. The molecule has 1 N–H and O–H groups in total. The van der Waals surface area contributed by atoms with Crippen LogP contribution in [-0.2, 0) is 0 Å². The van der Waals surface area contributed by atoms with Gasteiger partial charge in [-0.1, -0.05) is 6.92 Å². The third-order valence-corrected chi connectivity index (χ3v) is 3.49. The average molecular weight is 258 g/mol. The van der Waals surface area contributed by atoms with Gasteiger partial charge in [0.15, 0.2) is 0 Å². The quantitative estimate of drug-likeness (QED) is 0.649. The van der Waals surface area contributed by atoms with Gasteiger partial charge in [0.25, 0.3) is 5.91 Å². The number of thioether (sulfide) groups is 1. The largest absolute Gasteiger partial charge is 0.351 e. The van der Waals surface area contributed by atoms with E-state index in [0.717, 1.165) is 11.3 Å². The minimum atomic E-state index is -0.0632. The van der Waals surface area contributed by atoms with Crippen molar-refractivity contribution in [3.05, 3.63) is 29.8 Å². The van der Waals surface area contributed by atoms with Crippen LogP contribution in [0.3, 0.4) is 0 Å². The maximum atomic E-state index is 11.7. The Bertz CT molecular complexity index is 339. The molecule has 4 heteroatoms. The summed E-state index contributed by atoms with van der Waals surface area (Å²) >= 11 is 7.58. The van der Waals surface area contributed by atoms with Crippen LogP contribution >= 0.6 is 23.4 Å². The second kappa shape index (κ2) is 6.81. The molecule has 1 unspecified atom stereocenters. The molecule has 88 valence electrons. The summed E-state index contributed by atoms with van der Waals surface area (Å²) in [6, 6.07) is 7.54. The summed E-state index contributed by atoms with van der Waals surface area (Å²) in [5.74, 6) is -0.0632. The molecule has 1 aromatic carbocycles. The molecule has 2 nitrogen and oxygen atoms in total. The topological polar surface area (TPSA) is 29.1 Å². The number of hydrogen-bond donors (Lipinski definition) is 1. The van der Waals surface area contributed by atoms with Gasteiger partial charge in [-0.25, -0.2) is 0 Å². The first kappa shape index (κ1) is 13.4. The second-order valence-electron chi connectivity index (χ2n) is 3.44. The Hall–Kier alpha value is -0.670. The van der Waals surface area contributed by atoms with Gasteiger partial charge in [0, 0.05) is 17.0 Å². The molecule has 0 aliphatic rings. The first-order chi connectivity index (χ1) is 7.67. The first-order valence-corrected chi connectivity index (χ1v) is 6.89. The minimum Gasteiger partial charge on any atom is -0.351 e. The van der Waals surface area contributed by atoms with E-state index in [1.54, 1.807) is 11.8 Å². The van der Waals surface area contributed by atoms with Crippen molar-refractivity contribution >= 4 is 29.3 Å². The SMILES string of the molecule is CCC(Cl)CNC(=O)c1ccc(SC)cc1. The van der Waals surface area contributed by atoms with Crippen molar-refractivity contribution in [1.82, 2.24) is 5.32 Å². The predicted octanol–water partition coefficient (Wildman–Crippen LogP) is 3.16. The van der Waals surface area contributed by atoms with Gasteiger partial charge >= 0.3 is 0 Å². The Balaban J connectivity index is 2.52. The fraction of sp³-hybridized carbons (Fsp3) is 0.417. The van der Waals surface area contributed by atoms with Crippen LogP contribution in [0.5, 0.6) is 0 Å². The van der Waals surface area contributed by atoms with Gasteiger partial charge in [0.2, 0.25) is 0 Å². The van der Waals surface area contributed by atoms with Crippen molar-refractivity contribution in [1.29, 1.82) is 0 Å². The predicted molar refractivity (Wildman–Crippen MR) is 70.5 cm³/mol. The smallest absolute Gasteiger partial charge is 0.251 e. The van der Waals surface area contributed by atoms with Crippen molar-refractivity contribution in [2.24, 2.45) is 0 Å². The van der Waals surface area contributed by atoms with Crippen LogP contribution in [-0.4, -0.2) is 24.1 Å². The second-order valence-corrected chi connectivity index (χ2v) is 4.94. The lowest BCUT2D eigenvalue weighted by atomic mass is 10.2. The highest BCUT2D eigenvalue weighted by Crippen LogP contribution is 2.14. The summed E-state index contributed by atoms with van der Waals surface area (Å²) in [6.45, 7) is 2.51. The molecule has 0 radical (unpaired) electrons. The number of alkyl halides is 1. The van der Waals surface area contributed by atoms with Crippen LogP contribution in [0, 0.1) is 0 Å². The van der Waals surface area contributed by atoms with E-state index in [1.807, 2.05) is 37.4 Å². The van der Waals surface area contributed by atoms with E-state index in [0.29, 0.717) is 12.1 Å². The Morgan fingerprint density at radius 3 is 2.56 bits per heavy atom. The van der Waals surface area contributed by atoms with Crippen molar-refractivity contribution in [3.63, 3.8) is 0 Å². The Labute approximate surface area is 106 Å². The lowest BCUT2D eigenvalue weighted by Crippen LogP contribution is -2.29. The molecule has 0 saturated carbocycles. The average Bonchev–Trinajstić information content (AvgIpc) is 2.35. The Morgan fingerprint density at radius 1 is 1.44 bits per heavy atom. The lowest BCUT2D eigenvalue weighted by molar-refractivity contribution is 0.0953. The standard InChI is InChI=1S/C12H16ClNOS/c1-3-10(13)8-14-12(15)9-4-6-11(16-2)7-5-9/h4-7,10H,3,8H2,1-2H3,(H,14,15). The molecule has 0 bridgehead atoms. The summed E-state index contributed by atoms with van der Waals surface area (Å²) in [5, 5.41) is 2.82. The van der Waals surface area contributed by atoms with E-state index >= 15 is 0 Å². The van der Waals surface area contributed by atoms with Gasteiger partial charge < -0.3 is 5.32 Å². The van der Waals surface area contributed by atoms with E-state index in [-0.39, 0.29) is 11.3 Å². The number of amides is 1. The van der Waals surface area contributed by atoms with Gasteiger partial charge in [-0.05, 0) is 36.9 Å². The molecule has 0 spiro atoms. The van der Waals surface area contributed by atoms with Gasteiger partial charge in [-0.3, -0.25) is 4.79 Å². The number of carbonyl (C=O) groups excluding carboxylic acids is 1. The normalized spacial score (nSPS) is 12.2. The van der Waals surface area contributed by atoms with Gasteiger partial charge in [-0.2, -0.15) is 0 Å². The van der Waals surface area contributed by atoms with Gasteiger partial charge in [0.05, 0.1) is 5.38 Å². The number of carbonyl (C=O) groups is 1. The van der Waals surface area contributed by atoms with Crippen LogP contribution in [0.25, 0.3) is 0 Å². The van der Waals surface area contributed by atoms with Crippen LogP contribution in [0.1, 0.15) is 23.7 Å². The van der Waals surface area contributed by atoms with Crippen molar-refractivity contribution in [3.8, 4) is 0 Å². The number of nitrogens with one attached hydrogen (secondary N) is 1. The van der Waals surface area contributed by atoms with E-state index in [2.05, 4.69) is 5.32 Å². The summed E-state index contributed by atoms with van der Waals surface area (Å²) in [7, 11) is 0. The number of rotatable bonds is 5. The molecule has 1 rings (SSSR count). The molecule has 1 atom stereocenters. The van der Waals surface area contributed by atoms with Crippen molar-refractivity contribution in [2.75, 3.05) is 12.8 Å². The van der Waals surface area contributed by atoms with Crippen molar-refractivity contribution < 1.29 is 4.79 Å². The molecule has 0 fully saturated rings. The third kappa shape index (κ3) is 4.06. The number of hydrogen-bond acceptors (Lipinski definition) is 2. The lowest BCUT2D eigenvalue weighted by Gasteiger charge is -2.08. The van der Waals surface area contributed by atoms with E-state index in [1.165, 1.54) is 0 Å². The van der Waals surface area contributed by atoms with Crippen molar-refractivity contribution in [2.45, 2.75) is 23.6 Å². The van der Waals surface area contributed by atoms with Gasteiger partial charge in [-0.15, -0.1) is 23.4 Å². The molecular formula is C12H16ClNOS. The minimum absolute atomic E-state index is 0.00872. The number of halogens is 1. The van der Waals surface area contributed by atoms with Crippen LogP contribution in [0.4, 0.5) is 0 Å². The van der Waals surface area contributed by atoms with Gasteiger partial charge in [0.1, 0.15) is 0 Å². The monoisotopic (exact) mass is 257 g/mol. The molecule has 1 amide bonds. The number of benzene rings is 1. The van der Waals surface area contributed by atoms with Crippen LogP contribution in [0.2, 0.25) is 0 Å². The first-order valence-electron chi connectivity index (χ1n) is 5.23. The summed E-state index contributed by atoms with van der Waals surface area (Å²) in [4.78, 5) is 12.8. The van der Waals surface area contributed by atoms with E-state index < -0.39 is 0 Å². The Kier molecular flexibility index (Phi) is 5.71. The highest BCUT2D eigenvalue weighted by Gasteiger charge is 2.07. The third-order valence-electron chi connectivity index (χ3n) is 2.28. The zero-order chi connectivity index (χ0) is 12.0. The highest BCUT2D eigenvalue weighted by molar-refractivity contribution is 7.98. The molecule has 0 aromatic heterocycles. The fourth-order valence-electron chi connectivity index (χ4n) is 1.19. The van der Waals surface area contributed by atoms with Crippen LogP contribution in [0.15, 0.2) is 29.2 Å².